The Morgan fingerprint density at radius 1 is 0.900 bits per heavy atom. The molecular weight excluding hydrogens is 259 g/mol. The number of fused-ring (bicyclic) bond motifs is 1. The summed E-state index contributed by atoms with van der Waals surface area (Å²) in [7, 11) is 0. The molecule has 0 saturated carbocycles. The van der Waals surface area contributed by atoms with Crippen LogP contribution in [0.3, 0.4) is 0 Å². The van der Waals surface area contributed by atoms with E-state index in [1.165, 1.54) is 18.2 Å². The third kappa shape index (κ3) is 2.06. The Balaban J connectivity index is 1.99. The SMILES string of the molecule is O=C1OC(=O)c2cc(C#Cc3ccccc3F)ccc21. The van der Waals surface area contributed by atoms with Crippen molar-refractivity contribution in [1.82, 2.24) is 0 Å². The van der Waals surface area contributed by atoms with Gasteiger partial charge in [-0.25, -0.2) is 14.0 Å². The van der Waals surface area contributed by atoms with Gasteiger partial charge in [0.05, 0.1) is 16.7 Å². The second-order valence-electron chi connectivity index (χ2n) is 4.17. The molecule has 3 nitrogen and oxygen atoms in total. The molecule has 0 fully saturated rings. The Hall–Kier alpha value is -2.93. The summed E-state index contributed by atoms with van der Waals surface area (Å²) in [5, 5.41) is 0. The highest BCUT2D eigenvalue weighted by atomic mass is 19.1. The molecule has 2 aromatic rings. The van der Waals surface area contributed by atoms with Crippen LogP contribution in [0.15, 0.2) is 42.5 Å². The summed E-state index contributed by atoms with van der Waals surface area (Å²) < 4.78 is 17.9. The molecule has 3 rings (SSSR count). The van der Waals surface area contributed by atoms with Crippen molar-refractivity contribution in [2.45, 2.75) is 0 Å². The van der Waals surface area contributed by atoms with Crippen molar-refractivity contribution in [3.63, 3.8) is 0 Å². The third-order valence-corrected chi connectivity index (χ3v) is 2.86. The number of ether oxygens (including phenoxy) is 1. The van der Waals surface area contributed by atoms with Crippen molar-refractivity contribution in [3.05, 3.63) is 70.5 Å². The van der Waals surface area contributed by atoms with E-state index in [0.29, 0.717) is 5.56 Å². The molecular formula is C16H7FO3. The van der Waals surface area contributed by atoms with Crippen molar-refractivity contribution < 1.29 is 18.7 Å². The minimum absolute atomic E-state index is 0.190. The molecule has 96 valence electrons. The molecule has 0 amide bonds. The maximum absolute atomic E-state index is 13.4. The first-order valence-electron chi connectivity index (χ1n) is 5.82. The number of carbonyl (C=O) groups excluding carboxylic acids is 2. The molecule has 0 unspecified atom stereocenters. The quantitative estimate of drug-likeness (QED) is 0.418. The fraction of sp³-hybridized carbons (Fsp3) is 0. The molecule has 0 aromatic heterocycles. The summed E-state index contributed by atoms with van der Waals surface area (Å²) in [4.78, 5) is 22.7. The lowest BCUT2D eigenvalue weighted by Crippen LogP contribution is -1.96. The van der Waals surface area contributed by atoms with Gasteiger partial charge in [0, 0.05) is 5.56 Å². The van der Waals surface area contributed by atoms with Gasteiger partial charge in [-0.2, -0.15) is 0 Å². The molecule has 0 spiro atoms. The molecule has 1 heterocycles. The fourth-order valence-electron chi connectivity index (χ4n) is 1.87. The topological polar surface area (TPSA) is 43.4 Å². The van der Waals surface area contributed by atoms with E-state index in [-0.39, 0.29) is 16.7 Å². The molecule has 0 atom stereocenters. The number of hydrogen-bond acceptors (Lipinski definition) is 3. The maximum Gasteiger partial charge on any atom is 0.346 e. The van der Waals surface area contributed by atoms with E-state index < -0.39 is 17.8 Å². The van der Waals surface area contributed by atoms with Gasteiger partial charge in [0.1, 0.15) is 5.82 Å². The zero-order valence-electron chi connectivity index (χ0n) is 10.1. The number of esters is 2. The lowest BCUT2D eigenvalue weighted by molar-refractivity contribution is 0.0444. The summed E-state index contributed by atoms with van der Waals surface area (Å²) in [5.74, 6) is 3.70. The van der Waals surface area contributed by atoms with Gasteiger partial charge in [-0.3, -0.25) is 0 Å². The summed E-state index contributed by atoms with van der Waals surface area (Å²) in [6.45, 7) is 0. The van der Waals surface area contributed by atoms with Crippen LogP contribution in [-0.2, 0) is 4.74 Å². The van der Waals surface area contributed by atoms with Crippen LogP contribution < -0.4 is 0 Å². The smallest absolute Gasteiger partial charge is 0.346 e. The Labute approximate surface area is 114 Å². The summed E-state index contributed by atoms with van der Waals surface area (Å²) in [5.41, 5.74) is 1.20. The minimum atomic E-state index is -0.681. The van der Waals surface area contributed by atoms with Crippen molar-refractivity contribution in [1.29, 1.82) is 0 Å². The number of halogens is 1. The van der Waals surface area contributed by atoms with Gasteiger partial charge in [0.25, 0.3) is 0 Å². The van der Waals surface area contributed by atoms with Crippen molar-refractivity contribution in [2.75, 3.05) is 0 Å². The predicted molar refractivity (Wildman–Crippen MR) is 68.6 cm³/mol. The highest BCUT2D eigenvalue weighted by Gasteiger charge is 2.29. The van der Waals surface area contributed by atoms with Crippen LogP contribution in [0, 0.1) is 17.7 Å². The van der Waals surface area contributed by atoms with Crippen LogP contribution in [0.4, 0.5) is 4.39 Å². The molecule has 0 aliphatic carbocycles. The molecule has 2 aromatic carbocycles. The first-order chi connectivity index (χ1) is 9.65. The van der Waals surface area contributed by atoms with Gasteiger partial charge in [0.15, 0.2) is 0 Å². The lowest BCUT2D eigenvalue weighted by atomic mass is 10.1. The van der Waals surface area contributed by atoms with E-state index in [0.717, 1.165) is 0 Å². The standard InChI is InChI=1S/C16H7FO3/c17-14-4-2-1-3-11(14)7-5-10-6-8-12-13(9-10)16(19)20-15(12)18/h1-4,6,8-9H. The maximum atomic E-state index is 13.4. The van der Waals surface area contributed by atoms with Crippen LogP contribution in [0.1, 0.15) is 31.8 Å². The molecule has 0 radical (unpaired) electrons. The molecule has 4 heteroatoms. The molecule has 0 bridgehead atoms. The number of hydrogen-bond donors (Lipinski definition) is 0. The Kier molecular flexibility index (Phi) is 2.81. The monoisotopic (exact) mass is 266 g/mol. The molecule has 0 N–H and O–H groups in total. The Bertz CT molecular complexity index is 797. The molecule has 1 aliphatic heterocycles. The van der Waals surface area contributed by atoms with E-state index in [1.807, 2.05) is 0 Å². The zero-order valence-corrected chi connectivity index (χ0v) is 10.1. The Morgan fingerprint density at radius 2 is 1.65 bits per heavy atom. The van der Waals surface area contributed by atoms with Gasteiger partial charge in [-0.1, -0.05) is 24.0 Å². The number of cyclic esters (lactones) is 2. The van der Waals surface area contributed by atoms with Crippen molar-refractivity contribution in [3.8, 4) is 11.8 Å². The van der Waals surface area contributed by atoms with Gasteiger partial charge in [-0.05, 0) is 30.3 Å². The van der Waals surface area contributed by atoms with Gasteiger partial charge < -0.3 is 4.74 Å². The van der Waals surface area contributed by atoms with Crippen molar-refractivity contribution in [2.24, 2.45) is 0 Å². The van der Waals surface area contributed by atoms with Gasteiger partial charge >= 0.3 is 11.9 Å². The van der Waals surface area contributed by atoms with Crippen LogP contribution in [0.2, 0.25) is 0 Å². The van der Waals surface area contributed by atoms with Crippen LogP contribution in [0.5, 0.6) is 0 Å². The van der Waals surface area contributed by atoms with E-state index in [4.69, 9.17) is 0 Å². The van der Waals surface area contributed by atoms with E-state index in [1.54, 1.807) is 24.3 Å². The highest BCUT2D eigenvalue weighted by molar-refractivity contribution is 6.14. The van der Waals surface area contributed by atoms with Gasteiger partial charge in [0.2, 0.25) is 0 Å². The van der Waals surface area contributed by atoms with Crippen molar-refractivity contribution >= 4 is 11.9 Å². The summed E-state index contributed by atoms with van der Waals surface area (Å²) >= 11 is 0. The average Bonchev–Trinajstić information content (AvgIpc) is 2.73. The molecule has 20 heavy (non-hydrogen) atoms. The van der Waals surface area contributed by atoms with Gasteiger partial charge in [-0.15, -0.1) is 0 Å². The second-order valence-corrected chi connectivity index (χ2v) is 4.17. The predicted octanol–water partition coefficient (Wildman–Crippen LogP) is 2.54. The second kappa shape index (κ2) is 4.63. The summed E-state index contributed by atoms with van der Waals surface area (Å²) in [6.07, 6.45) is 0. The largest absolute Gasteiger partial charge is 0.386 e. The van der Waals surface area contributed by atoms with Crippen LogP contribution >= 0.6 is 0 Å². The summed E-state index contributed by atoms with van der Waals surface area (Å²) in [6, 6.07) is 10.7. The number of rotatable bonds is 0. The Morgan fingerprint density at radius 3 is 2.45 bits per heavy atom. The molecule has 0 saturated heterocycles. The highest BCUT2D eigenvalue weighted by Crippen LogP contribution is 2.20. The van der Waals surface area contributed by atoms with E-state index >= 15 is 0 Å². The first-order valence-corrected chi connectivity index (χ1v) is 5.82. The van der Waals surface area contributed by atoms with E-state index in [9.17, 15) is 14.0 Å². The normalized spacial score (nSPS) is 12.4. The fourth-order valence-corrected chi connectivity index (χ4v) is 1.87. The number of carbonyl (C=O) groups is 2. The van der Waals surface area contributed by atoms with Crippen LogP contribution in [0.25, 0.3) is 0 Å². The molecule has 1 aliphatic rings. The first kappa shape index (κ1) is 12.1. The van der Waals surface area contributed by atoms with E-state index in [2.05, 4.69) is 16.6 Å². The van der Waals surface area contributed by atoms with Crippen LogP contribution in [-0.4, -0.2) is 11.9 Å². The zero-order chi connectivity index (χ0) is 14.1. The minimum Gasteiger partial charge on any atom is -0.386 e. The average molecular weight is 266 g/mol. The third-order valence-electron chi connectivity index (χ3n) is 2.86. The number of benzene rings is 2. The lowest BCUT2D eigenvalue weighted by Gasteiger charge is -1.94.